The van der Waals surface area contributed by atoms with Gasteiger partial charge in [-0.25, -0.2) is 0 Å². The molecule has 126 valence electrons. The molecule has 21 heavy (non-hydrogen) atoms. The van der Waals surface area contributed by atoms with Crippen LogP contribution in [-0.4, -0.2) is 11.6 Å². The van der Waals surface area contributed by atoms with Crippen molar-refractivity contribution in [2.24, 2.45) is 10.8 Å². The van der Waals surface area contributed by atoms with Crippen LogP contribution in [0.3, 0.4) is 0 Å². The number of Topliss-reactive ketones (excluding diaryl/α,β-unsaturated/α-hetero) is 2. The number of hydrogen-bond acceptors (Lipinski definition) is 3. The zero-order chi connectivity index (χ0) is 18.3. The molecule has 0 bridgehead atoms. The van der Waals surface area contributed by atoms with Crippen LogP contribution in [-0.2, 0) is 33.3 Å². The third kappa shape index (κ3) is 25.2. The molecule has 0 aliphatic rings. The van der Waals surface area contributed by atoms with Gasteiger partial charge in [0.05, 0.1) is 6.42 Å². The van der Waals surface area contributed by atoms with Crippen LogP contribution in [0, 0.1) is 30.6 Å². The Kier molecular flexibility index (Phi) is 22.4. The second-order valence-electron chi connectivity index (χ2n) is 6.31. The topological polar surface area (TPSA) is 51.2 Å². The van der Waals surface area contributed by atoms with Crippen molar-refractivity contribution in [3.63, 3.8) is 0 Å². The molecule has 0 heterocycles. The van der Waals surface area contributed by atoms with E-state index >= 15 is 0 Å². The van der Waals surface area contributed by atoms with Gasteiger partial charge in [-0.3, -0.25) is 4.79 Å². The Morgan fingerprint density at radius 2 is 1.10 bits per heavy atom. The van der Waals surface area contributed by atoms with E-state index in [0.29, 0.717) is 0 Å². The van der Waals surface area contributed by atoms with Crippen molar-refractivity contribution in [1.82, 2.24) is 0 Å². The predicted molar refractivity (Wildman–Crippen MR) is 85.2 cm³/mol. The molecule has 0 amide bonds. The van der Waals surface area contributed by atoms with E-state index in [0.717, 1.165) is 20.4 Å². The molecule has 0 atom stereocenters. The molecule has 0 rings (SSSR count). The van der Waals surface area contributed by atoms with Crippen molar-refractivity contribution in [2.75, 3.05) is 0 Å². The Balaban J connectivity index is -0.000000151. The van der Waals surface area contributed by atoms with Crippen molar-refractivity contribution >= 4 is 11.6 Å². The minimum atomic E-state index is -0.652. The van der Waals surface area contributed by atoms with Crippen molar-refractivity contribution in [3.05, 3.63) is 19.8 Å². The molecule has 0 aliphatic heterocycles. The maximum atomic E-state index is 11.5. The van der Waals surface area contributed by atoms with E-state index in [-0.39, 0.29) is 18.0 Å². The molecule has 0 unspecified atom stereocenters. The van der Waals surface area contributed by atoms with Gasteiger partial charge in [-0.15, -0.1) is 5.41 Å². The fourth-order valence-electron chi connectivity index (χ4n) is 0.650. The van der Waals surface area contributed by atoms with E-state index in [1.54, 1.807) is 13.8 Å². The number of ketones is 2. The molecule has 0 N–H and O–H groups in total. The third-order valence-electron chi connectivity index (χ3n) is 1.91. The normalized spacial score (nSPS) is 9.76. The van der Waals surface area contributed by atoms with Crippen LogP contribution in [0.5, 0.6) is 0 Å². The van der Waals surface area contributed by atoms with Crippen LogP contribution in [0.4, 0.5) is 0 Å². The molecular formula is C17H33O3Ti-3. The summed E-state index contributed by atoms with van der Waals surface area (Å²) in [6, 6.07) is 0. The number of carbonyl (C=O) groups excluding carboxylic acids is 2. The van der Waals surface area contributed by atoms with Gasteiger partial charge in [0.15, 0.2) is 0 Å². The maximum absolute atomic E-state index is 11.5. The van der Waals surface area contributed by atoms with Crippen molar-refractivity contribution < 1.29 is 33.3 Å². The van der Waals surface area contributed by atoms with Crippen LogP contribution in [0.2, 0.25) is 0 Å². The van der Waals surface area contributed by atoms with Gasteiger partial charge in [0.2, 0.25) is 0 Å². The van der Waals surface area contributed by atoms with Gasteiger partial charge in [0, 0.05) is 5.41 Å². The molecule has 4 heteroatoms. The Hall–Kier alpha value is -0.146. The first kappa shape index (κ1) is 28.9. The van der Waals surface area contributed by atoms with Gasteiger partial charge in [-0.05, 0) is 0 Å². The Morgan fingerprint density at radius 3 is 1.24 bits per heavy atom. The monoisotopic (exact) mass is 333 g/mol. The van der Waals surface area contributed by atoms with E-state index in [4.69, 9.17) is 3.32 Å². The number of carbonyl (C=O) groups is 2. The van der Waals surface area contributed by atoms with Crippen LogP contribution in [0.15, 0.2) is 0 Å². The molecule has 3 nitrogen and oxygen atoms in total. The van der Waals surface area contributed by atoms with Gasteiger partial charge in [0.1, 0.15) is 11.6 Å². The van der Waals surface area contributed by atoms with E-state index in [1.165, 1.54) is 0 Å². The first-order chi connectivity index (χ1) is 9.38. The van der Waals surface area contributed by atoms with Crippen molar-refractivity contribution in [2.45, 2.75) is 68.7 Å². The summed E-state index contributed by atoms with van der Waals surface area (Å²) in [5.74, 6) is -0.110. The second-order valence-corrected chi connectivity index (χ2v) is 6.31. The average Bonchev–Trinajstić information content (AvgIpc) is 2.31. The molecule has 0 fully saturated rings. The quantitative estimate of drug-likeness (QED) is 0.425. The minimum absolute atomic E-state index is 0.000000000000000222. The van der Waals surface area contributed by atoms with Gasteiger partial charge in [-0.1, -0.05) is 34.6 Å². The second kappa shape index (κ2) is 16.2. The molecule has 0 radical (unpaired) electrons. The summed E-state index contributed by atoms with van der Waals surface area (Å²) in [4.78, 5) is 22.9. The summed E-state index contributed by atoms with van der Waals surface area (Å²) in [5, 5.41) is 0. The standard InChI is InChI=1S/C11H19O2.2C3H7.O.Ti/c1-10(2,3)8(12)7-9(13)11(4,5)6;2*1-3-2;;/h1,7H2,2-6H3;2*3H,1-2H3;;/q3*-1;;. The zero-order valence-electron chi connectivity index (χ0n) is 15.3. The Morgan fingerprint density at radius 1 is 0.857 bits per heavy atom. The van der Waals surface area contributed by atoms with E-state index in [2.05, 4.69) is 6.92 Å². The summed E-state index contributed by atoms with van der Waals surface area (Å²) in [5.41, 5.74) is -1.08. The number of hydrogen-bond donors (Lipinski definition) is 0. The van der Waals surface area contributed by atoms with Gasteiger partial charge < -0.3 is 24.6 Å². The zero-order valence-corrected chi connectivity index (χ0v) is 16.9. The van der Waals surface area contributed by atoms with Gasteiger partial charge in [0.25, 0.3) is 0 Å². The summed E-state index contributed by atoms with van der Waals surface area (Å²) in [7, 11) is 0. The van der Waals surface area contributed by atoms with Gasteiger partial charge >= 0.3 is 23.7 Å². The van der Waals surface area contributed by atoms with Gasteiger partial charge in [-0.2, -0.15) is 27.7 Å². The molecule has 0 saturated heterocycles. The average molecular weight is 333 g/mol. The van der Waals surface area contributed by atoms with E-state index in [9.17, 15) is 9.59 Å². The fourth-order valence-corrected chi connectivity index (χ4v) is 0.650. The fraction of sp³-hybridized carbons (Fsp3) is 0.706. The van der Waals surface area contributed by atoms with Crippen molar-refractivity contribution in [1.29, 1.82) is 0 Å². The predicted octanol–water partition coefficient (Wildman–Crippen LogP) is 4.76. The molecule has 0 spiro atoms. The molecule has 0 aromatic rings. The van der Waals surface area contributed by atoms with Crippen LogP contribution in [0.25, 0.3) is 0 Å². The third-order valence-corrected chi connectivity index (χ3v) is 1.91. The molecule has 0 aliphatic carbocycles. The summed E-state index contributed by atoms with van der Waals surface area (Å²) in [6.45, 7) is 20.6. The van der Waals surface area contributed by atoms with Crippen molar-refractivity contribution in [3.8, 4) is 0 Å². The SMILES string of the molecule is C[CH-]C.C[CH-]C.[CH2-]C(C)(C)C(=O)CC(=O)C(C)(C)C.[O]=[Ti]. The van der Waals surface area contributed by atoms with Crippen LogP contribution >= 0.6 is 0 Å². The van der Waals surface area contributed by atoms with E-state index < -0.39 is 10.8 Å². The molecule has 0 aromatic carbocycles. The first-order valence-corrected chi connectivity index (χ1v) is 7.62. The first-order valence-electron chi connectivity index (χ1n) is 6.98. The Labute approximate surface area is 144 Å². The van der Waals surface area contributed by atoms with Crippen LogP contribution in [0.1, 0.15) is 68.7 Å². The van der Waals surface area contributed by atoms with Crippen LogP contribution < -0.4 is 0 Å². The summed E-state index contributed by atoms with van der Waals surface area (Å²) in [6.07, 6.45) is 4.00. The number of rotatable bonds is 3. The summed E-state index contributed by atoms with van der Waals surface area (Å²) < 4.78 is 8.25. The Bertz CT molecular complexity index is 234. The molecule has 0 saturated carbocycles. The van der Waals surface area contributed by atoms with E-state index in [1.807, 2.05) is 61.3 Å². The molecule has 0 aromatic heterocycles. The molecular weight excluding hydrogens is 300 g/mol. The summed E-state index contributed by atoms with van der Waals surface area (Å²) >= 11 is 0.750.